The number of benzene rings is 1. The van der Waals surface area contributed by atoms with Gasteiger partial charge >= 0.3 is 0 Å². The van der Waals surface area contributed by atoms with E-state index in [0.29, 0.717) is 0 Å². The van der Waals surface area contributed by atoms with Gasteiger partial charge in [-0.3, -0.25) is 0 Å². The second kappa shape index (κ2) is 3.85. The van der Waals surface area contributed by atoms with Crippen molar-refractivity contribution in [1.82, 2.24) is 4.57 Å². The van der Waals surface area contributed by atoms with Crippen molar-refractivity contribution in [3.63, 3.8) is 0 Å². The Kier molecular flexibility index (Phi) is 2.87. The third-order valence-corrected chi connectivity index (χ3v) is 3.97. The molecule has 0 aliphatic rings. The van der Waals surface area contributed by atoms with Crippen LogP contribution in [0.1, 0.15) is 30.7 Å². The lowest BCUT2D eigenvalue weighted by molar-refractivity contribution is 0.513. The molecule has 0 aliphatic carbocycles. The fourth-order valence-electron chi connectivity index (χ4n) is 2.67. The lowest BCUT2D eigenvalue weighted by Gasteiger charge is -2.21. The van der Waals surface area contributed by atoms with Crippen molar-refractivity contribution >= 4 is 26.8 Å². The monoisotopic (exact) mass is 294 g/mol. The van der Waals surface area contributed by atoms with E-state index in [1.165, 1.54) is 22.0 Å². The number of hydrogen-bond acceptors (Lipinski definition) is 1. The molecule has 2 nitrogen and oxygen atoms in total. The van der Waals surface area contributed by atoms with Crippen LogP contribution in [0.3, 0.4) is 0 Å². The maximum absolute atomic E-state index is 6.26. The first kappa shape index (κ1) is 12.7. The predicted octanol–water partition coefficient (Wildman–Crippen LogP) is 3.75. The molecule has 0 unspecified atom stereocenters. The fourth-order valence-corrected chi connectivity index (χ4v) is 3.75. The maximum atomic E-state index is 6.26. The van der Waals surface area contributed by atoms with E-state index in [0.717, 1.165) is 10.2 Å². The molecule has 0 bridgehead atoms. The fraction of sp³-hybridized carbons (Fsp3) is 0.429. The number of aryl methyl sites for hydroxylation is 3. The van der Waals surface area contributed by atoms with Crippen LogP contribution in [-0.2, 0) is 12.6 Å². The van der Waals surface area contributed by atoms with Crippen LogP contribution in [0.5, 0.6) is 0 Å². The Morgan fingerprint density at radius 2 is 1.82 bits per heavy atom. The molecule has 1 aromatic heterocycles. The van der Waals surface area contributed by atoms with E-state index in [4.69, 9.17) is 5.73 Å². The van der Waals surface area contributed by atoms with E-state index < -0.39 is 0 Å². The summed E-state index contributed by atoms with van der Waals surface area (Å²) in [5.74, 6) is 0. The zero-order valence-electron chi connectivity index (χ0n) is 11.1. The van der Waals surface area contributed by atoms with Crippen molar-refractivity contribution in [3.8, 4) is 0 Å². The number of aromatic nitrogens is 1. The van der Waals surface area contributed by atoms with Gasteiger partial charge in [0.25, 0.3) is 0 Å². The first-order chi connectivity index (χ1) is 7.73. The van der Waals surface area contributed by atoms with Crippen LogP contribution in [-0.4, -0.2) is 4.57 Å². The van der Waals surface area contributed by atoms with E-state index >= 15 is 0 Å². The molecule has 2 rings (SSSR count). The summed E-state index contributed by atoms with van der Waals surface area (Å²) in [5, 5.41) is 1.25. The van der Waals surface area contributed by atoms with Crippen molar-refractivity contribution in [1.29, 1.82) is 0 Å². The number of fused-ring (bicyclic) bond motifs is 1. The second-order valence-electron chi connectivity index (χ2n) is 5.42. The van der Waals surface area contributed by atoms with Gasteiger partial charge in [0.1, 0.15) is 0 Å². The Labute approximate surface area is 111 Å². The van der Waals surface area contributed by atoms with Crippen LogP contribution < -0.4 is 5.73 Å². The number of rotatable bonds is 1. The summed E-state index contributed by atoms with van der Waals surface area (Å²) in [4.78, 5) is 0. The minimum atomic E-state index is -0.354. The summed E-state index contributed by atoms with van der Waals surface area (Å²) in [6.45, 7) is 8.34. The first-order valence-corrected chi connectivity index (χ1v) is 6.57. The Bertz CT molecular complexity index is 589. The van der Waals surface area contributed by atoms with Gasteiger partial charge < -0.3 is 10.3 Å². The number of hydrogen-bond donors (Lipinski definition) is 1. The SMILES string of the molecule is Cc1cc(C)c2c(c1)c(Br)c(C(C)(C)N)n2C. The summed E-state index contributed by atoms with van der Waals surface area (Å²) in [6, 6.07) is 4.42. The number of nitrogens with zero attached hydrogens (tertiary/aromatic N) is 1. The van der Waals surface area contributed by atoms with Gasteiger partial charge in [-0.05, 0) is 55.3 Å². The maximum Gasteiger partial charge on any atom is 0.0523 e. The highest BCUT2D eigenvalue weighted by Gasteiger charge is 2.25. The quantitative estimate of drug-likeness (QED) is 0.853. The van der Waals surface area contributed by atoms with E-state index in [1.807, 2.05) is 13.8 Å². The van der Waals surface area contributed by atoms with Gasteiger partial charge in [0, 0.05) is 16.9 Å². The summed E-state index contributed by atoms with van der Waals surface area (Å²) < 4.78 is 3.32. The highest BCUT2D eigenvalue weighted by atomic mass is 79.9. The summed E-state index contributed by atoms with van der Waals surface area (Å²) >= 11 is 3.71. The standard InChI is InChI=1S/C14H19BrN2/c1-8-6-9(2)12-10(7-8)11(15)13(17(12)5)14(3,4)16/h6-7H,16H2,1-5H3. The van der Waals surface area contributed by atoms with Gasteiger partial charge in [-0.15, -0.1) is 0 Å². The molecule has 2 N–H and O–H groups in total. The molecule has 0 amide bonds. The molecule has 0 aliphatic heterocycles. The molecule has 0 spiro atoms. The van der Waals surface area contributed by atoms with Gasteiger partial charge in [-0.2, -0.15) is 0 Å². The molecular weight excluding hydrogens is 276 g/mol. The average Bonchev–Trinajstić information content (AvgIpc) is 2.37. The smallest absolute Gasteiger partial charge is 0.0523 e. The molecule has 0 radical (unpaired) electrons. The van der Waals surface area contributed by atoms with Crippen LogP contribution in [0, 0.1) is 13.8 Å². The molecule has 17 heavy (non-hydrogen) atoms. The zero-order chi connectivity index (χ0) is 13.0. The molecular formula is C14H19BrN2. The van der Waals surface area contributed by atoms with Crippen LogP contribution >= 0.6 is 15.9 Å². The molecule has 92 valence electrons. The molecule has 0 saturated carbocycles. The third-order valence-electron chi connectivity index (χ3n) is 3.17. The van der Waals surface area contributed by atoms with Gasteiger partial charge in [0.2, 0.25) is 0 Å². The third kappa shape index (κ3) is 1.91. The largest absolute Gasteiger partial charge is 0.345 e. The minimum absolute atomic E-state index is 0.354. The number of nitrogens with two attached hydrogens (primary N) is 1. The van der Waals surface area contributed by atoms with Crippen molar-refractivity contribution in [2.75, 3.05) is 0 Å². The molecule has 0 saturated heterocycles. The topological polar surface area (TPSA) is 30.9 Å². The minimum Gasteiger partial charge on any atom is -0.345 e. The zero-order valence-corrected chi connectivity index (χ0v) is 12.6. The van der Waals surface area contributed by atoms with Gasteiger partial charge in [0.05, 0.1) is 16.7 Å². The van der Waals surface area contributed by atoms with Crippen LogP contribution in [0.15, 0.2) is 16.6 Å². The summed E-state index contributed by atoms with van der Waals surface area (Å²) in [6.07, 6.45) is 0. The molecule has 0 fully saturated rings. The van der Waals surface area contributed by atoms with Gasteiger partial charge in [0.15, 0.2) is 0 Å². The van der Waals surface area contributed by atoms with E-state index in [1.54, 1.807) is 0 Å². The van der Waals surface area contributed by atoms with E-state index in [9.17, 15) is 0 Å². The molecule has 0 atom stereocenters. The molecule has 1 heterocycles. The lowest BCUT2D eigenvalue weighted by atomic mass is 10.0. The van der Waals surface area contributed by atoms with E-state index in [2.05, 4.69) is 53.5 Å². The van der Waals surface area contributed by atoms with Crippen LogP contribution in [0.2, 0.25) is 0 Å². The first-order valence-electron chi connectivity index (χ1n) is 5.78. The Morgan fingerprint density at radius 3 is 2.35 bits per heavy atom. The van der Waals surface area contributed by atoms with Crippen molar-refractivity contribution in [2.24, 2.45) is 12.8 Å². The lowest BCUT2D eigenvalue weighted by Crippen LogP contribution is -2.31. The Hall–Kier alpha value is -0.800. The van der Waals surface area contributed by atoms with Crippen LogP contribution in [0.25, 0.3) is 10.9 Å². The van der Waals surface area contributed by atoms with Crippen molar-refractivity contribution in [3.05, 3.63) is 33.4 Å². The normalized spacial score (nSPS) is 12.4. The summed E-state index contributed by atoms with van der Waals surface area (Å²) in [5.41, 5.74) is 10.9. The van der Waals surface area contributed by atoms with E-state index in [-0.39, 0.29) is 5.54 Å². The molecule has 3 heteroatoms. The highest BCUT2D eigenvalue weighted by Crippen LogP contribution is 2.37. The number of halogens is 1. The Morgan fingerprint density at radius 1 is 1.24 bits per heavy atom. The predicted molar refractivity (Wildman–Crippen MR) is 77.3 cm³/mol. The molecule has 1 aromatic carbocycles. The van der Waals surface area contributed by atoms with Gasteiger partial charge in [-0.25, -0.2) is 0 Å². The average molecular weight is 295 g/mol. The van der Waals surface area contributed by atoms with Crippen LogP contribution in [0.4, 0.5) is 0 Å². The summed E-state index contributed by atoms with van der Waals surface area (Å²) in [7, 11) is 2.08. The van der Waals surface area contributed by atoms with Crippen molar-refractivity contribution < 1.29 is 0 Å². The highest BCUT2D eigenvalue weighted by molar-refractivity contribution is 9.10. The molecule has 2 aromatic rings. The van der Waals surface area contributed by atoms with Gasteiger partial charge in [-0.1, -0.05) is 11.6 Å². The second-order valence-corrected chi connectivity index (χ2v) is 6.21. The Balaban J connectivity index is 2.96. The van der Waals surface area contributed by atoms with Crippen molar-refractivity contribution in [2.45, 2.75) is 33.2 Å².